The van der Waals surface area contributed by atoms with E-state index in [-0.39, 0.29) is 17.2 Å². The van der Waals surface area contributed by atoms with Crippen molar-refractivity contribution in [3.63, 3.8) is 0 Å². The summed E-state index contributed by atoms with van der Waals surface area (Å²) in [5.41, 5.74) is 5.61. The largest absolute Gasteiger partial charge is 0.398 e. The third-order valence-corrected chi connectivity index (χ3v) is 5.10. The number of hydrogen-bond acceptors (Lipinski definition) is 4. The van der Waals surface area contributed by atoms with Gasteiger partial charge in [0.1, 0.15) is 10.7 Å². The molecule has 0 amide bonds. The molecular weight excluding hydrogens is 259 g/mol. The van der Waals surface area contributed by atoms with Crippen LogP contribution in [0.15, 0.2) is 23.1 Å². The molecule has 18 heavy (non-hydrogen) atoms. The van der Waals surface area contributed by atoms with Gasteiger partial charge in [-0.25, -0.2) is 12.8 Å². The van der Waals surface area contributed by atoms with Crippen LogP contribution in [0.2, 0.25) is 0 Å². The Morgan fingerprint density at radius 1 is 1.50 bits per heavy atom. The van der Waals surface area contributed by atoms with Crippen LogP contribution in [0.5, 0.6) is 0 Å². The average molecular weight is 274 g/mol. The van der Waals surface area contributed by atoms with Gasteiger partial charge in [0.15, 0.2) is 0 Å². The van der Waals surface area contributed by atoms with Gasteiger partial charge in [-0.05, 0) is 31.0 Å². The number of anilines is 1. The molecule has 7 heteroatoms. The molecule has 1 aliphatic heterocycles. The molecule has 0 bridgehead atoms. The highest BCUT2D eigenvalue weighted by atomic mass is 32.2. The van der Waals surface area contributed by atoms with Gasteiger partial charge in [-0.15, -0.1) is 0 Å². The highest BCUT2D eigenvalue weighted by Crippen LogP contribution is 2.29. The van der Waals surface area contributed by atoms with Crippen LogP contribution in [0.3, 0.4) is 0 Å². The van der Waals surface area contributed by atoms with E-state index >= 15 is 0 Å². The SMILES string of the molecule is Nc1ccc(F)cc1S(=O)(=O)N1CCC[C@@H]1CO. The lowest BCUT2D eigenvalue weighted by atomic mass is 10.2. The van der Waals surface area contributed by atoms with E-state index < -0.39 is 21.9 Å². The molecule has 0 unspecified atom stereocenters. The summed E-state index contributed by atoms with van der Waals surface area (Å²) in [4.78, 5) is -0.233. The number of rotatable bonds is 3. The van der Waals surface area contributed by atoms with Crippen LogP contribution in [0, 0.1) is 5.82 Å². The molecular formula is C11H15FN2O3S. The van der Waals surface area contributed by atoms with Crippen molar-refractivity contribution in [1.82, 2.24) is 4.31 Å². The molecule has 1 aromatic carbocycles. The second-order valence-corrected chi connectivity index (χ2v) is 6.14. The van der Waals surface area contributed by atoms with Gasteiger partial charge < -0.3 is 10.8 Å². The van der Waals surface area contributed by atoms with Crippen LogP contribution in [0.4, 0.5) is 10.1 Å². The first-order chi connectivity index (χ1) is 8.46. The van der Waals surface area contributed by atoms with Crippen LogP contribution >= 0.6 is 0 Å². The van der Waals surface area contributed by atoms with E-state index in [2.05, 4.69) is 0 Å². The molecule has 0 aliphatic carbocycles. The monoisotopic (exact) mass is 274 g/mol. The summed E-state index contributed by atoms with van der Waals surface area (Å²) in [6.07, 6.45) is 1.28. The van der Waals surface area contributed by atoms with Crippen molar-refractivity contribution in [1.29, 1.82) is 0 Å². The Balaban J connectivity index is 2.45. The summed E-state index contributed by atoms with van der Waals surface area (Å²) in [5.74, 6) is -0.650. The zero-order valence-corrected chi connectivity index (χ0v) is 10.5. The molecule has 3 N–H and O–H groups in total. The van der Waals surface area contributed by atoms with Crippen LogP contribution in [0.1, 0.15) is 12.8 Å². The second-order valence-electron chi connectivity index (χ2n) is 4.28. The maximum atomic E-state index is 13.2. The molecule has 0 spiro atoms. The third kappa shape index (κ3) is 2.21. The number of nitrogen functional groups attached to an aromatic ring is 1. The lowest BCUT2D eigenvalue weighted by molar-refractivity contribution is 0.213. The first kappa shape index (κ1) is 13.3. The maximum Gasteiger partial charge on any atom is 0.245 e. The summed E-state index contributed by atoms with van der Waals surface area (Å²) in [5, 5.41) is 9.16. The van der Waals surface area contributed by atoms with Crippen molar-refractivity contribution < 1.29 is 17.9 Å². The Bertz CT molecular complexity index is 547. The van der Waals surface area contributed by atoms with E-state index in [0.717, 1.165) is 12.1 Å². The van der Waals surface area contributed by atoms with Gasteiger partial charge in [-0.3, -0.25) is 0 Å². The van der Waals surface area contributed by atoms with Crippen molar-refractivity contribution in [2.45, 2.75) is 23.8 Å². The van der Waals surface area contributed by atoms with Crippen LogP contribution in [-0.2, 0) is 10.0 Å². The van der Waals surface area contributed by atoms with Gasteiger partial charge in [0.25, 0.3) is 0 Å². The zero-order chi connectivity index (χ0) is 13.3. The zero-order valence-electron chi connectivity index (χ0n) is 9.71. The topological polar surface area (TPSA) is 83.6 Å². The standard InChI is InChI=1S/C11H15FN2O3S/c12-8-3-4-10(13)11(6-8)18(16,17)14-5-1-2-9(14)7-15/h3-4,6,9,15H,1-2,5,7,13H2/t9-/m1/s1. The van der Waals surface area contributed by atoms with E-state index in [4.69, 9.17) is 10.8 Å². The van der Waals surface area contributed by atoms with Crippen molar-refractivity contribution in [3.8, 4) is 0 Å². The molecule has 1 atom stereocenters. The predicted molar refractivity (Wildman–Crippen MR) is 64.8 cm³/mol. The number of hydrogen-bond donors (Lipinski definition) is 2. The van der Waals surface area contributed by atoms with E-state index in [1.807, 2.05) is 0 Å². The Kier molecular flexibility index (Phi) is 3.56. The van der Waals surface area contributed by atoms with Crippen LogP contribution in [0.25, 0.3) is 0 Å². The molecule has 2 rings (SSSR count). The molecule has 0 saturated carbocycles. The lowest BCUT2D eigenvalue weighted by Crippen LogP contribution is -2.37. The lowest BCUT2D eigenvalue weighted by Gasteiger charge is -2.23. The predicted octanol–water partition coefficient (Wildman–Crippen LogP) is 0.553. The molecule has 5 nitrogen and oxygen atoms in total. The molecule has 1 aliphatic rings. The van der Waals surface area contributed by atoms with E-state index in [1.165, 1.54) is 10.4 Å². The van der Waals surface area contributed by atoms with Gasteiger partial charge in [-0.1, -0.05) is 0 Å². The van der Waals surface area contributed by atoms with E-state index in [1.54, 1.807) is 0 Å². The minimum atomic E-state index is -3.84. The van der Waals surface area contributed by atoms with Crippen molar-refractivity contribution in [2.75, 3.05) is 18.9 Å². The number of aliphatic hydroxyl groups excluding tert-OH is 1. The highest BCUT2D eigenvalue weighted by molar-refractivity contribution is 7.89. The highest BCUT2D eigenvalue weighted by Gasteiger charge is 2.35. The molecule has 1 fully saturated rings. The Morgan fingerprint density at radius 3 is 2.89 bits per heavy atom. The number of nitrogens with zero attached hydrogens (tertiary/aromatic N) is 1. The fraction of sp³-hybridized carbons (Fsp3) is 0.455. The van der Waals surface area contributed by atoms with Crippen LogP contribution < -0.4 is 5.73 Å². The Labute approximate surface area is 105 Å². The van der Waals surface area contributed by atoms with Gasteiger partial charge in [0.2, 0.25) is 10.0 Å². The number of nitrogens with two attached hydrogens (primary N) is 1. The summed E-state index contributed by atoms with van der Waals surface area (Å²) in [6.45, 7) is 0.0813. The molecule has 1 saturated heterocycles. The Hall–Kier alpha value is -1.18. The molecule has 0 aromatic heterocycles. The Morgan fingerprint density at radius 2 is 2.22 bits per heavy atom. The molecule has 1 heterocycles. The molecule has 100 valence electrons. The first-order valence-electron chi connectivity index (χ1n) is 5.64. The van der Waals surface area contributed by atoms with Gasteiger partial charge in [0, 0.05) is 12.6 Å². The van der Waals surface area contributed by atoms with E-state index in [9.17, 15) is 12.8 Å². The van der Waals surface area contributed by atoms with Gasteiger partial charge in [0.05, 0.1) is 12.3 Å². The quantitative estimate of drug-likeness (QED) is 0.789. The molecule has 1 aromatic rings. The van der Waals surface area contributed by atoms with E-state index in [0.29, 0.717) is 19.4 Å². The average Bonchev–Trinajstić information content (AvgIpc) is 2.81. The van der Waals surface area contributed by atoms with Crippen LogP contribution in [-0.4, -0.2) is 37.0 Å². The minimum Gasteiger partial charge on any atom is -0.398 e. The third-order valence-electron chi connectivity index (χ3n) is 3.10. The summed E-state index contributed by atoms with van der Waals surface area (Å²) >= 11 is 0. The smallest absolute Gasteiger partial charge is 0.245 e. The van der Waals surface area contributed by atoms with Gasteiger partial charge in [-0.2, -0.15) is 4.31 Å². The van der Waals surface area contributed by atoms with Crippen molar-refractivity contribution >= 4 is 15.7 Å². The number of benzene rings is 1. The second kappa shape index (κ2) is 4.83. The molecule has 0 radical (unpaired) electrons. The first-order valence-corrected chi connectivity index (χ1v) is 7.08. The fourth-order valence-electron chi connectivity index (χ4n) is 2.17. The summed E-state index contributed by atoms with van der Waals surface area (Å²) in [7, 11) is -3.84. The van der Waals surface area contributed by atoms with Crippen molar-refractivity contribution in [3.05, 3.63) is 24.0 Å². The summed E-state index contributed by atoms with van der Waals surface area (Å²) in [6, 6.07) is 2.81. The fourth-order valence-corrected chi connectivity index (χ4v) is 3.98. The van der Waals surface area contributed by atoms with Crippen molar-refractivity contribution in [2.24, 2.45) is 0 Å². The van der Waals surface area contributed by atoms with Gasteiger partial charge >= 0.3 is 0 Å². The normalized spacial score (nSPS) is 21.3. The number of aliphatic hydroxyl groups is 1. The maximum absolute atomic E-state index is 13.2. The number of sulfonamides is 1. The minimum absolute atomic E-state index is 0.0139. The summed E-state index contributed by atoms with van der Waals surface area (Å²) < 4.78 is 39.0. The number of halogens is 1.